The summed E-state index contributed by atoms with van der Waals surface area (Å²) in [5.41, 5.74) is 0. The molecule has 0 spiro atoms. The monoisotopic (exact) mass is 209 g/mol. The van der Waals surface area contributed by atoms with Crippen molar-refractivity contribution in [3.05, 3.63) is 12.0 Å². The van der Waals surface area contributed by atoms with E-state index in [9.17, 15) is 4.79 Å². The predicted molar refractivity (Wildman–Crippen MR) is 55.5 cm³/mol. The van der Waals surface area contributed by atoms with Gasteiger partial charge in [-0.25, -0.2) is 9.97 Å². The Bertz CT molecular complexity index is 378. The van der Waals surface area contributed by atoms with Crippen molar-refractivity contribution in [3.63, 3.8) is 0 Å². The highest BCUT2D eigenvalue weighted by molar-refractivity contribution is 8.00. The summed E-state index contributed by atoms with van der Waals surface area (Å²) in [6, 6.07) is 0. The lowest BCUT2D eigenvalue weighted by Crippen LogP contribution is -2.20. The summed E-state index contributed by atoms with van der Waals surface area (Å²) in [6.07, 6.45) is 1.78. The minimum absolute atomic E-state index is 0.0101. The molecule has 14 heavy (non-hydrogen) atoms. The number of hydrogen-bond acceptors (Lipinski definition) is 4. The molecule has 0 aromatic carbocycles. The smallest absolute Gasteiger partial charge is 0.235 e. The van der Waals surface area contributed by atoms with Crippen LogP contribution in [-0.4, -0.2) is 21.6 Å². The average molecular weight is 209 g/mol. The molecule has 0 bridgehead atoms. The van der Waals surface area contributed by atoms with Crippen LogP contribution in [0.3, 0.4) is 0 Å². The molecule has 0 saturated heterocycles. The SMILES string of the molecule is CC(C)c1ncc2c(n1)NC(=O)CS2. The summed E-state index contributed by atoms with van der Waals surface area (Å²) in [7, 11) is 0. The van der Waals surface area contributed by atoms with Crippen LogP contribution in [0.5, 0.6) is 0 Å². The highest BCUT2D eigenvalue weighted by atomic mass is 32.2. The van der Waals surface area contributed by atoms with Crippen molar-refractivity contribution >= 4 is 23.5 Å². The van der Waals surface area contributed by atoms with Gasteiger partial charge in [0.05, 0.1) is 10.6 Å². The Morgan fingerprint density at radius 1 is 1.57 bits per heavy atom. The first kappa shape index (κ1) is 9.45. The van der Waals surface area contributed by atoms with E-state index in [0.29, 0.717) is 11.6 Å². The highest BCUT2D eigenvalue weighted by Gasteiger charge is 2.18. The zero-order valence-corrected chi connectivity index (χ0v) is 8.89. The Hall–Kier alpha value is -1.10. The van der Waals surface area contributed by atoms with Crippen molar-refractivity contribution in [3.8, 4) is 0 Å². The van der Waals surface area contributed by atoms with E-state index in [-0.39, 0.29) is 11.8 Å². The molecular weight excluding hydrogens is 198 g/mol. The Labute approximate surface area is 86.5 Å². The van der Waals surface area contributed by atoms with Gasteiger partial charge in [-0.05, 0) is 0 Å². The zero-order chi connectivity index (χ0) is 10.1. The number of nitrogens with zero attached hydrogens (tertiary/aromatic N) is 2. The molecule has 2 heterocycles. The summed E-state index contributed by atoms with van der Waals surface area (Å²) in [6.45, 7) is 4.05. The number of carbonyl (C=O) groups is 1. The van der Waals surface area contributed by atoms with Crippen molar-refractivity contribution in [1.29, 1.82) is 0 Å². The average Bonchev–Trinajstić information content (AvgIpc) is 2.16. The van der Waals surface area contributed by atoms with Crippen LogP contribution >= 0.6 is 11.8 Å². The van der Waals surface area contributed by atoms with Crippen LogP contribution in [0.4, 0.5) is 5.82 Å². The summed E-state index contributed by atoms with van der Waals surface area (Å²) in [5.74, 6) is 2.17. The third-order valence-corrected chi connectivity index (χ3v) is 2.92. The van der Waals surface area contributed by atoms with Crippen LogP contribution < -0.4 is 5.32 Å². The second-order valence-electron chi connectivity index (χ2n) is 3.43. The third-order valence-electron chi connectivity index (χ3n) is 1.91. The topological polar surface area (TPSA) is 54.9 Å². The van der Waals surface area contributed by atoms with Gasteiger partial charge < -0.3 is 5.32 Å². The molecule has 0 radical (unpaired) electrons. The molecule has 1 aliphatic heterocycles. The van der Waals surface area contributed by atoms with Gasteiger partial charge in [0.15, 0.2) is 0 Å². The minimum atomic E-state index is 0.0101. The van der Waals surface area contributed by atoms with Gasteiger partial charge >= 0.3 is 0 Å². The normalized spacial score (nSPS) is 15.2. The maximum Gasteiger partial charge on any atom is 0.235 e. The van der Waals surface area contributed by atoms with Crippen molar-refractivity contribution in [2.75, 3.05) is 11.1 Å². The van der Waals surface area contributed by atoms with Crippen LogP contribution in [0.15, 0.2) is 11.1 Å². The number of rotatable bonds is 1. The molecule has 1 aromatic rings. The van der Waals surface area contributed by atoms with E-state index in [1.807, 2.05) is 13.8 Å². The van der Waals surface area contributed by atoms with Gasteiger partial charge in [-0.2, -0.15) is 0 Å². The molecule has 0 aliphatic carbocycles. The van der Waals surface area contributed by atoms with Gasteiger partial charge in [0.1, 0.15) is 11.6 Å². The lowest BCUT2D eigenvalue weighted by molar-refractivity contribution is -0.113. The fraction of sp³-hybridized carbons (Fsp3) is 0.444. The van der Waals surface area contributed by atoms with Crippen LogP contribution in [0, 0.1) is 0 Å². The van der Waals surface area contributed by atoms with E-state index in [4.69, 9.17) is 0 Å². The van der Waals surface area contributed by atoms with Gasteiger partial charge in [-0.15, -0.1) is 11.8 Å². The highest BCUT2D eigenvalue weighted by Crippen LogP contribution is 2.29. The summed E-state index contributed by atoms with van der Waals surface area (Å²) in [5, 5.41) is 2.74. The van der Waals surface area contributed by atoms with Crippen LogP contribution in [-0.2, 0) is 4.79 Å². The van der Waals surface area contributed by atoms with Gasteiger partial charge in [-0.1, -0.05) is 13.8 Å². The van der Waals surface area contributed by atoms with E-state index in [1.54, 1.807) is 6.20 Å². The lowest BCUT2D eigenvalue weighted by Gasteiger charge is -2.15. The molecule has 1 aromatic heterocycles. The van der Waals surface area contributed by atoms with Gasteiger partial charge in [0.2, 0.25) is 5.91 Å². The van der Waals surface area contributed by atoms with E-state index in [2.05, 4.69) is 15.3 Å². The van der Waals surface area contributed by atoms with Crippen molar-refractivity contribution in [2.45, 2.75) is 24.7 Å². The number of hydrogen-bond donors (Lipinski definition) is 1. The largest absolute Gasteiger partial charge is 0.309 e. The number of nitrogens with one attached hydrogen (secondary N) is 1. The molecule has 1 N–H and O–H groups in total. The summed E-state index contributed by atoms with van der Waals surface area (Å²) in [4.78, 5) is 20.6. The maximum absolute atomic E-state index is 11.1. The molecule has 4 nitrogen and oxygen atoms in total. The molecular formula is C9H11N3OS. The van der Waals surface area contributed by atoms with Gasteiger partial charge in [0, 0.05) is 12.1 Å². The Morgan fingerprint density at radius 3 is 3.07 bits per heavy atom. The van der Waals surface area contributed by atoms with Crippen LogP contribution in [0.25, 0.3) is 0 Å². The van der Waals surface area contributed by atoms with E-state index >= 15 is 0 Å². The molecule has 74 valence electrons. The van der Waals surface area contributed by atoms with Gasteiger partial charge in [-0.3, -0.25) is 4.79 Å². The minimum Gasteiger partial charge on any atom is -0.309 e. The first-order valence-electron chi connectivity index (χ1n) is 4.46. The Kier molecular flexibility index (Phi) is 2.41. The molecule has 1 aliphatic rings. The molecule has 0 saturated carbocycles. The maximum atomic E-state index is 11.1. The Morgan fingerprint density at radius 2 is 2.36 bits per heavy atom. The molecule has 0 fully saturated rings. The number of thioether (sulfide) groups is 1. The van der Waals surface area contributed by atoms with Crippen LogP contribution in [0.1, 0.15) is 25.6 Å². The van der Waals surface area contributed by atoms with E-state index in [1.165, 1.54) is 11.8 Å². The zero-order valence-electron chi connectivity index (χ0n) is 8.07. The molecule has 0 unspecified atom stereocenters. The Balaban J connectivity index is 2.37. The first-order chi connectivity index (χ1) is 6.66. The number of anilines is 1. The van der Waals surface area contributed by atoms with Crippen molar-refractivity contribution in [2.24, 2.45) is 0 Å². The lowest BCUT2D eigenvalue weighted by atomic mass is 10.2. The third kappa shape index (κ3) is 1.72. The standard InChI is InChI=1S/C9H11N3OS/c1-5(2)8-10-3-6-9(12-8)11-7(13)4-14-6/h3,5H,4H2,1-2H3,(H,10,11,12,13). The molecule has 0 atom stereocenters. The number of fused-ring (bicyclic) bond motifs is 1. The molecule has 5 heteroatoms. The fourth-order valence-corrected chi connectivity index (χ4v) is 1.89. The first-order valence-corrected chi connectivity index (χ1v) is 5.45. The summed E-state index contributed by atoms with van der Waals surface area (Å²) >= 11 is 1.48. The van der Waals surface area contributed by atoms with E-state index in [0.717, 1.165) is 10.7 Å². The quantitative estimate of drug-likeness (QED) is 0.764. The second kappa shape index (κ2) is 3.57. The second-order valence-corrected chi connectivity index (χ2v) is 4.45. The predicted octanol–water partition coefficient (Wildman–Crippen LogP) is 1.64. The van der Waals surface area contributed by atoms with Crippen molar-refractivity contribution < 1.29 is 4.79 Å². The summed E-state index contributed by atoms with van der Waals surface area (Å²) < 4.78 is 0. The fourth-order valence-electron chi connectivity index (χ4n) is 1.17. The van der Waals surface area contributed by atoms with Crippen molar-refractivity contribution in [1.82, 2.24) is 9.97 Å². The molecule has 1 amide bonds. The van der Waals surface area contributed by atoms with Gasteiger partial charge in [0.25, 0.3) is 0 Å². The number of amides is 1. The molecule has 2 rings (SSSR count). The number of aromatic nitrogens is 2. The number of carbonyl (C=O) groups excluding carboxylic acids is 1. The van der Waals surface area contributed by atoms with Crippen LogP contribution in [0.2, 0.25) is 0 Å². The van der Waals surface area contributed by atoms with E-state index < -0.39 is 0 Å².